The highest BCUT2D eigenvalue weighted by atomic mass is 32.2. The molecule has 0 aliphatic heterocycles. The molecule has 5 nitrogen and oxygen atoms in total. The molecule has 0 aromatic heterocycles. The molecule has 0 saturated heterocycles. The zero-order valence-electron chi connectivity index (χ0n) is 10.9. The predicted molar refractivity (Wildman–Crippen MR) is 69.8 cm³/mol. The van der Waals surface area contributed by atoms with Crippen LogP contribution in [0.4, 0.5) is 0 Å². The van der Waals surface area contributed by atoms with Crippen molar-refractivity contribution < 1.29 is 8.42 Å². The van der Waals surface area contributed by atoms with E-state index in [1.165, 1.54) is 0 Å². The number of nitrogens with one attached hydrogen (secondary N) is 1. The third-order valence-corrected chi connectivity index (χ3v) is 5.29. The molecule has 0 radical (unpaired) electrons. The lowest BCUT2D eigenvalue weighted by Crippen LogP contribution is -2.57. The summed E-state index contributed by atoms with van der Waals surface area (Å²) in [6.07, 6.45) is 4.72. The molecule has 1 aliphatic rings. The Hall–Kier alpha value is -0.170. The van der Waals surface area contributed by atoms with Gasteiger partial charge in [0.05, 0.1) is 0 Å². The standard InChI is InChI=1S/C11H25N3O2S/c1-3-9-14(17(15,16)13-4-2)11(10-12)7-5-6-8-11/h13H,3-10,12H2,1-2H3. The van der Waals surface area contributed by atoms with E-state index in [-0.39, 0.29) is 5.54 Å². The third-order valence-electron chi connectivity index (χ3n) is 3.49. The van der Waals surface area contributed by atoms with Crippen LogP contribution in [0.2, 0.25) is 0 Å². The normalized spacial score (nSPS) is 20.0. The molecule has 0 bridgehead atoms. The van der Waals surface area contributed by atoms with Crippen molar-refractivity contribution in [2.45, 2.75) is 51.5 Å². The van der Waals surface area contributed by atoms with Gasteiger partial charge in [-0.2, -0.15) is 12.7 Å². The van der Waals surface area contributed by atoms with Crippen LogP contribution in [0.1, 0.15) is 46.0 Å². The number of hydrogen-bond donors (Lipinski definition) is 2. The van der Waals surface area contributed by atoms with Gasteiger partial charge in [0.25, 0.3) is 10.2 Å². The molecule has 0 atom stereocenters. The van der Waals surface area contributed by atoms with Crippen molar-refractivity contribution in [3.8, 4) is 0 Å². The van der Waals surface area contributed by atoms with E-state index in [2.05, 4.69) is 4.72 Å². The van der Waals surface area contributed by atoms with Crippen LogP contribution in [0.15, 0.2) is 0 Å². The first-order valence-electron chi connectivity index (χ1n) is 6.50. The van der Waals surface area contributed by atoms with Gasteiger partial charge in [0.1, 0.15) is 0 Å². The van der Waals surface area contributed by atoms with Gasteiger partial charge in [0.15, 0.2) is 0 Å². The molecule has 3 N–H and O–H groups in total. The highest BCUT2D eigenvalue weighted by molar-refractivity contribution is 7.87. The maximum atomic E-state index is 12.2. The maximum Gasteiger partial charge on any atom is 0.279 e. The molecule has 0 unspecified atom stereocenters. The number of nitrogens with two attached hydrogens (primary N) is 1. The Morgan fingerprint density at radius 2 is 1.88 bits per heavy atom. The van der Waals surface area contributed by atoms with E-state index in [4.69, 9.17) is 5.73 Å². The molecule has 0 aromatic rings. The van der Waals surface area contributed by atoms with Crippen LogP contribution in [-0.2, 0) is 10.2 Å². The van der Waals surface area contributed by atoms with E-state index in [0.717, 1.165) is 32.1 Å². The van der Waals surface area contributed by atoms with E-state index in [1.54, 1.807) is 11.2 Å². The van der Waals surface area contributed by atoms with Crippen LogP contribution in [0.3, 0.4) is 0 Å². The summed E-state index contributed by atoms with van der Waals surface area (Å²) in [5.41, 5.74) is 5.51. The molecule has 17 heavy (non-hydrogen) atoms. The average molecular weight is 263 g/mol. The molecular formula is C11H25N3O2S. The molecule has 0 spiro atoms. The molecule has 1 rings (SSSR count). The van der Waals surface area contributed by atoms with Gasteiger partial charge in [-0.1, -0.05) is 26.7 Å². The summed E-state index contributed by atoms with van der Waals surface area (Å²) in [7, 11) is -3.39. The lowest BCUT2D eigenvalue weighted by atomic mass is 9.98. The van der Waals surface area contributed by atoms with Crippen molar-refractivity contribution in [3.63, 3.8) is 0 Å². The molecular weight excluding hydrogens is 238 g/mol. The largest absolute Gasteiger partial charge is 0.329 e. The van der Waals surface area contributed by atoms with Gasteiger partial charge in [0.2, 0.25) is 0 Å². The molecule has 1 saturated carbocycles. The number of rotatable bonds is 7. The Morgan fingerprint density at radius 3 is 2.29 bits per heavy atom. The fraction of sp³-hybridized carbons (Fsp3) is 1.00. The van der Waals surface area contributed by atoms with E-state index in [0.29, 0.717) is 19.6 Å². The fourth-order valence-corrected chi connectivity index (χ4v) is 4.37. The first kappa shape index (κ1) is 14.9. The van der Waals surface area contributed by atoms with Gasteiger partial charge in [-0.3, -0.25) is 0 Å². The van der Waals surface area contributed by atoms with Gasteiger partial charge >= 0.3 is 0 Å². The minimum absolute atomic E-state index is 0.350. The molecule has 1 aliphatic carbocycles. The van der Waals surface area contributed by atoms with Crippen molar-refractivity contribution in [2.24, 2.45) is 5.73 Å². The molecule has 0 amide bonds. The first-order valence-corrected chi connectivity index (χ1v) is 7.94. The fourth-order valence-electron chi connectivity index (χ4n) is 2.66. The van der Waals surface area contributed by atoms with Crippen LogP contribution in [0.5, 0.6) is 0 Å². The van der Waals surface area contributed by atoms with Gasteiger partial charge in [-0.25, -0.2) is 4.72 Å². The Kier molecular flexibility index (Phi) is 5.37. The quantitative estimate of drug-likeness (QED) is 0.714. The Balaban J connectivity index is 2.98. The van der Waals surface area contributed by atoms with Crippen LogP contribution in [0.25, 0.3) is 0 Å². The summed E-state index contributed by atoms with van der Waals surface area (Å²) < 4.78 is 28.7. The zero-order valence-corrected chi connectivity index (χ0v) is 11.7. The lowest BCUT2D eigenvalue weighted by molar-refractivity contribution is 0.195. The summed E-state index contributed by atoms with van der Waals surface area (Å²) in [5, 5.41) is 0. The number of nitrogens with zero attached hydrogens (tertiary/aromatic N) is 1. The molecule has 0 heterocycles. The van der Waals surface area contributed by atoms with Crippen molar-refractivity contribution >= 4 is 10.2 Å². The summed E-state index contributed by atoms with van der Waals surface area (Å²) in [5.74, 6) is 0. The minimum Gasteiger partial charge on any atom is -0.329 e. The Morgan fingerprint density at radius 1 is 1.29 bits per heavy atom. The van der Waals surface area contributed by atoms with Crippen molar-refractivity contribution in [1.82, 2.24) is 9.03 Å². The lowest BCUT2D eigenvalue weighted by Gasteiger charge is -2.39. The topological polar surface area (TPSA) is 75.4 Å². The summed E-state index contributed by atoms with van der Waals surface area (Å²) in [6, 6.07) is 0. The van der Waals surface area contributed by atoms with Gasteiger partial charge in [-0.05, 0) is 19.3 Å². The van der Waals surface area contributed by atoms with E-state index in [9.17, 15) is 8.42 Å². The first-order chi connectivity index (χ1) is 8.02. The summed E-state index contributed by atoms with van der Waals surface area (Å²) >= 11 is 0. The Labute approximate surface area is 105 Å². The average Bonchev–Trinajstić information content (AvgIpc) is 2.75. The highest BCUT2D eigenvalue weighted by Gasteiger charge is 2.43. The van der Waals surface area contributed by atoms with Crippen molar-refractivity contribution in [3.05, 3.63) is 0 Å². The summed E-state index contributed by atoms with van der Waals surface area (Å²) in [6.45, 7) is 5.17. The Bertz CT molecular complexity index is 324. The maximum absolute atomic E-state index is 12.2. The van der Waals surface area contributed by atoms with E-state index >= 15 is 0 Å². The smallest absolute Gasteiger partial charge is 0.279 e. The van der Waals surface area contributed by atoms with Crippen LogP contribution >= 0.6 is 0 Å². The van der Waals surface area contributed by atoms with E-state index < -0.39 is 10.2 Å². The predicted octanol–water partition coefficient (Wildman–Crippen LogP) is 0.824. The SMILES string of the molecule is CCCN(C1(CN)CCCC1)S(=O)(=O)NCC. The second kappa shape index (κ2) is 6.13. The van der Waals surface area contributed by atoms with Gasteiger partial charge in [-0.15, -0.1) is 0 Å². The zero-order chi connectivity index (χ0) is 12.9. The van der Waals surface area contributed by atoms with E-state index in [1.807, 2.05) is 6.92 Å². The molecule has 0 aromatic carbocycles. The number of hydrogen-bond acceptors (Lipinski definition) is 3. The van der Waals surface area contributed by atoms with Gasteiger partial charge < -0.3 is 5.73 Å². The van der Waals surface area contributed by atoms with Gasteiger partial charge in [0, 0.05) is 25.2 Å². The summed E-state index contributed by atoms with van der Waals surface area (Å²) in [4.78, 5) is 0. The second-order valence-electron chi connectivity index (χ2n) is 4.71. The minimum atomic E-state index is -3.39. The van der Waals surface area contributed by atoms with Crippen LogP contribution in [-0.4, -0.2) is 37.9 Å². The van der Waals surface area contributed by atoms with Crippen LogP contribution in [0, 0.1) is 0 Å². The third kappa shape index (κ3) is 3.19. The molecule has 1 fully saturated rings. The highest BCUT2D eigenvalue weighted by Crippen LogP contribution is 2.36. The van der Waals surface area contributed by atoms with Crippen molar-refractivity contribution in [1.29, 1.82) is 0 Å². The van der Waals surface area contributed by atoms with Crippen molar-refractivity contribution in [2.75, 3.05) is 19.6 Å². The molecule has 102 valence electrons. The van der Waals surface area contributed by atoms with Crippen LogP contribution < -0.4 is 10.5 Å². The monoisotopic (exact) mass is 263 g/mol. The molecule has 6 heteroatoms. The second-order valence-corrected chi connectivity index (χ2v) is 6.39.